The van der Waals surface area contributed by atoms with Gasteiger partial charge in [0.1, 0.15) is 13.2 Å². The molecule has 1 atom stereocenters. The maximum absolute atomic E-state index is 12.8. The summed E-state index contributed by atoms with van der Waals surface area (Å²) in [6, 6.07) is 0. The molecule has 0 aliphatic heterocycles. The third-order valence-electron chi connectivity index (χ3n) is 12.0. The fourth-order valence-corrected chi connectivity index (χ4v) is 7.85. The first-order valence-corrected chi connectivity index (χ1v) is 27.8. The average Bonchev–Trinajstić information content (AvgIpc) is 3.30. The van der Waals surface area contributed by atoms with Gasteiger partial charge < -0.3 is 14.2 Å². The van der Waals surface area contributed by atoms with Crippen molar-refractivity contribution in [1.82, 2.24) is 0 Å². The zero-order valence-electron chi connectivity index (χ0n) is 43.0. The Hall–Kier alpha value is -2.89. The van der Waals surface area contributed by atoms with Crippen LogP contribution in [-0.2, 0) is 28.6 Å². The molecule has 0 amide bonds. The molecule has 0 aromatic carbocycles. The van der Waals surface area contributed by atoms with E-state index in [-0.39, 0.29) is 31.6 Å². The summed E-state index contributed by atoms with van der Waals surface area (Å²) < 4.78 is 16.7. The Morgan fingerprint density at radius 3 is 1.06 bits per heavy atom. The van der Waals surface area contributed by atoms with Crippen molar-refractivity contribution in [3.05, 3.63) is 60.8 Å². The lowest BCUT2D eigenvalue weighted by Crippen LogP contribution is -2.30. The van der Waals surface area contributed by atoms with Crippen LogP contribution in [0.25, 0.3) is 0 Å². The van der Waals surface area contributed by atoms with E-state index in [1.807, 2.05) is 6.08 Å². The van der Waals surface area contributed by atoms with Crippen LogP contribution in [0.3, 0.4) is 0 Å². The second kappa shape index (κ2) is 53.7. The number of carbonyl (C=O) groups excluding carboxylic acids is 3. The molecular weight excluding hydrogens is 805 g/mol. The van der Waals surface area contributed by atoms with Gasteiger partial charge in [-0.1, -0.05) is 236 Å². The second-order valence-electron chi connectivity index (χ2n) is 18.5. The molecule has 376 valence electrons. The van der Waals surface area contributed by atoms with Gasteiger partial charge in [0.15, 0.2) is 6.10 Å². The number of esters is 3. The molecule has 0 aromatic rings. The van der Waals surface area contributed by atoms with Crippen molar-refractivity contribution in [2.24, 2.45) is 0 Å². The van der Waals surface area contributed by atoms with E-state index in [2.05, 4.69) is 69.4 Å². The summed E-state index contributed by atoms with van der Waals surface area (Å²) in [6.45, 7) is 6.44. The van der Waals surface area contributed by atoms with Crippen LogP contribution in [0.5, 0.6) is 0 Å². The van der Waals surface area contributed by atoms with E-state index in [9.17, 15) is 14.4 Å². The lowest BCUT2D eigenvalue weighted by molar-refractivity contribution is -0.166. The first-order chi connectivity index (χ1) is 32.0. The summed E-state index contributed by atoms with van der Waals surface area (Å²) in [4.78, 5) is 37.9. The fraction of sp³-hybridized carbons (Fsp3) is 0.780. The van der Waals surface area contributed by atoms with E-state index in [0.717, 1.165) is 57.8 Å². The molecule has 0 spiro atoms. The Morgan fingerprint density at radius 1 is 0.338 bits per heavy atom. The quantitative estimate of drug-likeness (QED) is 0.0262. The highest BCUT2D eigenvalue weighted by molar-refractivity contribution is 5.72. The molecule has 6 heteroatoms. The first kappa shape index (κ1) is 62.1. The Labute approximate surface area is 402 Å². The summed E-state index contributed by atoms with van der Waals surface area (Å²) in [5.41, 5.74) is 0. The smallest absolute Gasteiger partial charge is 0.309 e. The Kier molecular flexibility index (Phi) is 51.3. The highest BCUT2D eigenvalue weighted by Crippen LogP contribution is 2.15. The van der Waals surface area contributed by atoms with E-state index in [1.165, 1.54) is 180 Å². The number of hydrogen-bond acceptors (Lipinski definition) is 6. The monoisotopic (exact) mass is 909 g/mol. The number of carbonyl (C=O) groups is 3. The van der Waals surface area contributed by atoms with Gasteiger partial charge in [0.2, 0.25) is 0 Å². The van der Waals surface area contributed by atoms with Gasteiger partial charge in [-0.3, -0.25) is 14.4 Å². The molecule has 0 aromatic heterocycles. The molecule has 0 bridgehead atoms. The van der Waals surface area contributed by atoms with Crippen LogP contribution >= 0.6 is 0 Å². The first-order valence-electron chi connectivity index (χ1n) is 27.8. The number of unbranched alkanes of at least 4 members (excludes halogenated alkanes) is 30. The molecule has 6 nitrogen and oxygen atoms in total. The third kappa shape index (κ3) is 51.9. The normalized spacial score (nSPS) is 12.5. The minimum atomic E-state index is -0.812. The lowest BCUT2D eigenvalue weighted by Gasteiger charge is -2.18. The van der Waals surface area contributed by atoms with Gasteiger partial charge in [-0.15, -0.1) is 0 Å². The number of hydrogen-bond donors (Lipinski definition) is 0. The topological polar surface area (TPSA) is 78.9 Å². The third-order valence-corrected chi connectivity index (χ3v) is 12.0. The number of rotatable bonds is 50. The van der Waals surface area contributed by atoms with Gasteiger partial charge >= 0.3 is 17.9 Å². The van der Waals surface area contributed by atoms with Crippen molar-refractivity contribution in [2.75, 3.05) is 13.2 Å². The molecule has 0 saturated carbocycles. The van der Waals surface area contributed by atoms with E-state index >= 15 is 0 Å². The minimum Gasteiger partial charge on any atom is -0.462 e. The van der Waals surface area contributed by atoms with Gasteiger partial charge in [-0.05, 0) is 83.5 Å². The zero-order chi connectivity index (χ0) is 47.2. The van der Waals surface area contributed by atoms with Crippen LogP contribution in [0.2, 0.25) is 0 Å². The van der Waals surface area contributed by atoms with Crippen molar-refractivity contribution < 1.29 is 28.6 Å². The fourth-order valence-electron chi connectivity index (χ4n) is 7.85. The lowest BCUT2D eigenvalue weighted by atomic mass is 10.1. The summed E-state index contributed by atoms with van der Waals surface area (Å²) in [5, 5.41) is 0. The van der Waals surface area contributed by atoms with Crippen molar-refractivity contribution in [2.45, 2.75) is 284 Å². The molecule has 0 rings (SSSR count). The highest BCUT2D eigenvalue weighted by Gasteiger charge is 2.19. The van der Waals surface area contributed by atoms with Crippen molar-refractivity contribution >= 4 is 17.9 Å². The van der Waals surface area contributed by atoms with Crippen LogP contribution in [-0.4, -0.2) is 37.2 Å². The van der Waals surface area contributed by atoms with Gasteiger partial charge in [0, 0.05) is 12.8 Å². The maximum Gasteiger partial charge on any atom is 0.309 e. The SMILES string of the molecule is CC/C=C\C/C=C\C/C=C\CC(=O)OCC(COC(=O)CCCCCCCCC/C=C\CCCCCCCCCC)OC(=O)CCCCCCCCC/C=C\CCCCCCCCCC. The molecule has 0 radical (unpaired) electrons. The van der Waals surface area contributed by atoms with Gasteiger partial charge in [0.25, 0.3) is 0 Å². The van der Waals surface area contributed by atoms with E-state index in [0.29, 0.717) is 12.8 Å². The second-order valence-corrected chi connectivity index (χ2v) is 18.5. The Morgan fingerprint density at radius 2 is 0.662 bits per heavy atom. The maximum atomic E-state index is 12.8. The Balaban J connectivity index is 4.32. The van der Waals surface area contributed by atoms with Crippen LogP contribution in [0, 0.1) is 0 Å². The van der Waals surface area contributed by atoms with Crippen LogP contribution < -0.4 is 0 Å². The van der Waals surface area contributed by atoms with Gasteiger partial charge in [-0.2, -0.15) is 0 Å². The summed E-state index contributed by atoms with van der Waals surface area (Å²) in [6.07, 6.45) is 66.8. The van der Waals surface area contributed by atoms with E-state index in [4.69, 9.17) is 14.2 Å². The predicted octanol–water partition coefficient (Wildman–Crippen LogP) is 18.4. The van der Waals surface area contributed by atoms with Crippen molar-refractivity contribution in [3.8, 4) is 0 Å². The minimum absolute atomic E-state index is 0.104. The van der Waals surface area contributed by atoms with Crippen LogP contribution in [0.4, 0.5) is 0 Å². The van der Waals surface area contributed by atoms with E-state index in [1.54, 1.807) is 6.08 Å². The molecular formula is C59H104O6. The largest absolute Gasteiger partial charge is 0.462 e. The molecule has 1 unspecified atom stereocenters. The highest BCUT2D eigenvalue weighted by atomic mass is 16.6. The van der Waals surface area contributed by atoms with Crippen LogP contribution in [0.15, 0.2) is 60.8 Å². The molecule has 0 heterocycles. The number of allylic oxidation sites excluding steroid dienone is 9. The van der Waals surface area contributed by atoms with Gasteiger partial charge in [0.05, 0.1) is 6.42 Å². The summed E-state index contributed by atoms with van der Waals surface area (Å²) in [5.74, 6) is -1.04. The van der Waals surface area contributed by atoms with Gasteiger partial charge in [-0.25, -0.2) is 0 Å². The summed E-state index contributed by atoms with van der Waals surface area (Å²) >= 11 is 0. The van der Waals surface area contributed by atoms with Crippen molar-refractivity contribution in [1.29, 1.82) is 0 Å². The molecule has 0 aliphatic rings. The standard InChI is InChI=1S/C59H104O6/c1-4-7-10-13-16-19-21-23-25-27-29-31-33-35-37-40-43-46-49-52-58(61)64-55-56(54-63-57(60)51-48-45-42-39-18-15-12-9-6-3)65-59(62)53-50-47-44-41-38-36-34-32-30-28-26-24-22-20-17-14-11-8-5-2/h9,12,18,27-30,39,45,48,56H,4-8,10-11,13-17,19-26,31-38,40-44,46-47,49-55H2,1-3H3/b12-9-,29-27-,30-28-,39-18-,48-45-. The average molecular weight is 909 g/mol. The zero-order valence-corrected chi connectivity index (χ0v) is 43.0. The summed E-state index contributed by atoms with van der Waals surface area (Å²) in [7, 11) is 0. The van der Waals surface area contributed by atoms with Crippen molar-refractivity contribution in [3.63, 3.8) is 0 Å². The molecule has 0 saturated heterocycles. The molecule has 0 N–H and O–H groups in total. The molecule has 65 heavy (non-hydrogen) atoms. The molecule has 0 fully saturated rings. The predicted molar refractivity (Wildman–Crippen MR) is 279 cm³/mol. The van der Waals surface area contributed by atoms with Crippen LogP contribution in [0.1, 0.15) is 278 Å². The van der Waals surface area contributed by atoms with E-state index < -0.39 is 12.1 Å². The molecule has 0 aliphatic carbocycles. The number of ether oxygens (including phenoxy) is 3. The Bertz CT molecular complexity index is 1180.